The minimum Gasteiger partial charge on any atom is -0.312 e. The Labute approximate surface area is 116 Å². The third-order valence-corrected chi connectivity index (χ3v) is 4.01. The number of imidazole rings is 1. The van der Waals surface area contributed by atoms with Crippen LogP contribution in [0.25, 0.3) is 22.6 Å². The number of aromatic nitrogens is 3. The van der Waals surface area contributed by atoms with E-state index in [1.54, 1.807) is 6.20 Å². The summed E-state index contributed by atoms with van der Waals surface area (Å²) in [6.07, 6.45) is 1.81. The number of benzene rings is 1. The van der Waals surface area contributed by atoms with E-state index in [9.17, 15) is 0 Å². The van der Waals surface area contributed by atoms with Gasteiger partial charge < -0.3 is 4.57 Å². The maximum absolute atomic E-state index is 4.71. The third-order valence-electron chi connectivity index (χ3n) is 3.06. The molecule has 0 bridgehead atoms. The Morgan fingerprint density at radius 1 is 1.16 bits per heavy atom. The van der Waals surface area contributed by atoms with Crippen molar-refractivity contribution in [2.24, 2.45) is 7.05 Å². The lowest BCUT2D eigenvalue weighted by Gasteiger charge is -2.07. The summed E-state index contributed by atoms with van der Waals surface area (Å²) in [7, 11) is 2.02. The largest absolute Gasteiger partial charge is 0.312 e. The van der Waals surface area contributed by atoms with Gasteiger partial charge in [0.1, 0.15) is 11.3 Å². The molecule has 19 heavy (non-hydrogen) atoms. The van der Waals surface area contributed by atoms with Gasteiger partial charge in [0.25, 0.3) is 0 Å². The Hall–Kier alpha value is -1.81. The molecule has 0 spiro atoms. The van der Waals surface area contributed by atoms with Crippen LogP contribution in [0.5, 0.6) is 0 Å². The molecular formula is C15H15N3S. The molecule has 0 aliphatic carbocycles. The molecule has 0 atom stereocenters. The second kappa shape index (κ2) is 5.05. The quantitative estimate of drug-likeness (QED) is 0.678. The number of thioether (sulfide) groups is 1. The van der Waals surface area contributed by atoms with Crippen molar-refractivity contribution in [2.45, 2.75) is 11.8 Å². The van der Waals surface area contributed by atoms with E-state index in [-0.39, 0.29) is 0 Å². The minimum atomic E-state index is 0.925. The first-order valence-corrected chi connectivity index (χ1v) is 7.29. The number of rotatable bonds is 3. The Kier molecular flexibility index (Phi) is 3.25. The number of hydrogen-bond acceptors (Lipinski definition) is 3. The van der Waals surface area contributed by atoms with E-state index in [0.717, 1.165) is 22.7 Å². The molecule has 0 fully saturated rings. The van der Waals surface area contributed by atoms with E-state index in [2.05, 4.69) is 40.7 Å². The van der Waals surface area contributed by atoms with E-state index < -0.39 is 0 Å². The Bertz CT molecular complexity index is 718. The van der Waals surface area contributed by atoms with Gasteiger partial charge in [-0.25, -0.2) is 9.97 Å². The number of fused-ring (bicyclic) bond motifs is 1. The van der Waals surface area contributed by atoms with Gasteiger partial charge in [-0.3, -0.25) is 0 Å². The molecule has 4 heteroatoms. The summed E-state index contributed by atoms with van der Waals surface area (Å²) < 4.78 is 2.06. The van der Waals surface area contributed by atoms with Crippen molar-refractivity contribution in [3.05, 3.63) is 42.6 Å². The molecule has 2 heterocycles. The smallest absolute Gasteiger partial charge is 0.159 e. The van der Waals surface area contributed by atoms with Crippen molar-refractivity contribution < 1.29 is 0 Å². The van der Waals surface area contributed by atoms with Crippen LogP contribution in [0.4, 0.5) is 0 Å². The van der Waals surface area contributed by atoms with Crippen molar-refractivity contribution in [2.75, 3.05) is 5.75 Å². The highest BCUT2D eigenvalue weighted by Gasteiger charge is 2.13. The highest BCUT2D eigenvalue weighted by Crippen LogP contribution is 2.31. The molecule has 0 N–H and O–H groups in total. The summed E-state index contributed by atoms with van der Waals surface area (Å²) >= 11 is 1.84. The number of hydrogen-bond donors (Lipinski definition) is 0. The standard InChI is InChI=1S/C15H15N3S/c1-3-19-13-9-5-4-7-11(13)14-17-12-8-6-10-16-15(12)18(14)2/h4-10H,3H2,1-2H3. The van der Waals surface area contributed by atoms with Crippen molar-refractivity contribution in [3.8, 4) is 11.4 Å². The third kappa shape index (κ3) is 2.12. The zero-order valence-electron chi connectivity index (χ0n) is 11.0. The Balaban J connectivity index is 2.22. The van der Waals surface area contributed by atoms with E-state index in [4.69, 9.17) is 4.98 Å². The van der Waals surface area contributed by atoms with E-state index in [1.807, 2.05) is 30.9 Å². The van der Waals surface area contributed by atoms with Gasteiger partial charge in [0, 0.05) is 23.7 Å². The van der Waals surface area contributed by atoms with Crippen LogP contribution < -0.4 is 0 Å². The van der Waals surface area contributed by atoms with Crippen LogP contribution >= 0.6 is 11.8 Å². The second-order valence-corrected chi connectivity index (χ2v) is 5.58. The molecule has 0 aliphatic heterocycles. The molecule has 0 radical (unpaired) electrons. The molecule has 2 aromatic heterocycles. The zero-order chi connectivity index (χ0) is 13.2. The maximum Gasteiger partial charge on any atom is 0.159 e. The minimum absolute atomic E-state index is 0.925. The summed E-state index contributed by atoms with van der Waals surface area (Å²) in [6, 6.07) is 12.3. The summed E-state index contributed by atoms with van der Waals surface area (Å²) in [5.41, 5.74) is 3.04. The summed E-state index contributed by atoms with van der Waals surface area (Å²) in [5, 5.41) is 0. The SMILES string of the molecule is CCSc1ccccc1-c1nc2cccnc2n1C. The number of pyridine rings is 1. The van der Waals surface area contributed by atoms with Crippen LogP contribution in [0.15, 0.2) is 47.5 Å². The molecule has 0 amide bonds. The van der Waals surface area contributed by atoms with E-state index in [0.29, 0.717) is 0 Å². The molecule has 0 unspecified atom stereocenters. The second-order valence-electron chi connectivity index (χ2n) is 4.27. The van der Waals surface area contributed by atoms with Crippen LogP contribution in [-0.4, -0.2) is 20.3 Å². The normalized spacial score (nSPS) is 11.1. The van der Waals surface area contributed by atoms with E-state index >= 15 is 0 Å². The number of aryl methyl sites for hydroxylation is 1. The highest BCUT2D eigenvalue weighted by atomic mass is 32.2. The lowest BCUT2D eigenvalue weighted by molar-refractivity contribution is 0.938. The molecule has 1 aromatic carbocycles. The van der Waals surface area contributed by atoms with Crippen LogP contribution in [-0.2, 0) is 7.05 Å². The molecule has 3 aromatic rings. The van der Waals surface area contributed by atoms with Crippen molar-refractivity contribution in [3.63, 3.8) is 0 Å². The van der Waals surface area contributed by atoms with Gasteiger partial charge in [-0.1, -0.05) is 25.1 Å². The van der Waals surface area contributed by atoms with Crippen LogP contribution in [0.2, 0.25) is 0 Å². The fraction of sp³-hybridized carbons (Fsp3) is 0.200. The van der Waals surface area contributed by atoms with Gasteiger partial charge in [0.15, 0.2) is 5.65 Å². The highest BCUT2D eigenvalue weighted by molar-refractivity contribution is 7.99. The van der Waals surface area contributed by atoms with Gasteiger partial charge in [-0.05, 0) is 24.0 Å². The summed E-state index contributed by atoms with van der Waals surface area (Å²) in [6.45, 7) is 2.16. The molecule has 3 rings (SSSR count). The van der Waals surface area contributed by atoms with Gasteiger partial charge in [-0.15, -0.1) is 11.8 Å². The summed E-state index contributed by atoms with van der Waals surface area (Å²) in [4.78, 5) is 10.4. The van der Waals surface area contributed by atoms with Gasteiger partial charge >= 0.3 is 0 Å². The van der Waals surface area contributed by atoms with Crippen LogP contribution in [0.3, 0.4) is 0 Å². The molecule has 0 saturated carbocycles. The van der Waals surface area contributed by atoms with E-state index in [1.165, 1.54) is 10.5 Å². The van der Waals surface area contributed by atoms with Gasteiger partial charge in [0.2, 0.25) is 0 Å². The molecule has 0 saturated heterocycles. The molecule has 3 nitrogen and oxygen atoms in total. The van der Waals surface area contributed by atoms with Crippen molar-refractivity contribution in [1.82, 2.24) is 14.5 Å². The number of nitrogens with zero attached hydrogens (tertiary/aromatic N) is 3. The topological polar surface area (TPSA) is 30.7 Å². The predicted molar refractivity (Wildman–Crippen MR) is 80.3 cm³/mol. The predicted octanol–water partition coefficient (Wildman–Crippen LogP) is 3.75. The fourth-order valence-electron chi connectivity index (χ4n) is 2.20. The van der Waals surface area contributed by atoms with Crippen molar-refractivity contribution >= 4 is 22.9 Å². The average molecular weight is 269 g/mol. The lowest BCUT2D eigenvalue weighted by Crippen LogP contribution is -1.95. The summed E-state index contributed by atoms with van der Waals surface area (Å²) in [5.74, 6) is 2.03. The molecule has 96 valence electrons. The fourth-order valence-corrected chi connectivity index (χ4v) is 3.00. The monoisotopic (exact) mass is 269 g/mol. The first-order chi connectivity index (χ1) is 9.31. The van der Waals surface area contributed by atoms with Crippen molar-refractivity contribution in [1.29, 1.82) is 0 Å². The average Bonchev–Trinajstić information content (AvgIpc) is 2.78. The zero-order valence-corrected chi connectivity index (χ0v) is 11.8. The molecule has 0 aliphatic rings. The first kappa shape index (κ1) is 12.2. The Morgan fingerprint density at radius 3 is 2.79 bits per heavy atom. The first-order valence-electron chi connectivity index (χ1n) is 6.31. The lowest BCUT2D eigenvalue weighted by atomic mass is 10.2. The maximum atomic E-state index is 4.71. The Morgan fingerprint density at radius 2 is 2.00 bits per heavy atom. The van der Waals surface area contributed by atoms with Gasteiger partial charge in [0.05, 0.1) is 0 Å². The van der Waals surface area contributed by atoms with Crippen LogP contribution in [0.1, 0.15) is 6.92 Å². The van der Waals surface area contributed by atoms with Gasteiger partial charge in [-0.2, -0.15) is 0 Å². The molecular weight excluding hydrogens is 254 g/mol. The van der Waals surface area contributed by atoms with Crippen LogP contribution in [0, 0.1) is 0 Å².